The van der Waals surface area contributed by atoms with Gasteiger partial charge in [0.1, 0.15) is 0 Å². The number of benzene rings is 1. The van der Waals surface area contributed by atoms with E-state index >= 15 is 0 Å². The first-order valence-corrected chi connectivity index (χ1v) is 12.7. The summed E-state index contributed by atoms with van der Waals surface area (Å²) in [5.41, 5.74) is 1.72. The van der Waals surface area contributed by atoms with E-state index in [0.717, 1.165) is 43.2 Å². The summed E-state index contributed by atoms with van der Waals surface area (Å²) in [6.07, 6.45) is 9.01. The number of sulfone groups is 1. The van der Waals surface area contributed by atoms with Gasteiger partial charge in [0.15, 0.2) is 15.7 Å². The van der Waals surface area contributed by atoms with Crippen molar-refractivity contribution in [2.45, 2.75) is 49.5 Å². The molecular formula is C22H29ClN4O3S. The summed E-state index contributed by atoms with van der Waals surface area (Å²) >= 11 is 6.28. The number of aromatic nitrogens is 2. The highest BCUT2D eigenvalue weighted by molar-refractivity contribution is 7.90. The van der Waals surface area contributed by atoms with Crippen molar-refractivity contribution >= 4 is 33.2 Å². The van der Waals surface area contributed by atoms with Crippen molar-refractivity contribution in [1.82, 2.24) is 14.9 Å². The summed E-state index contributed by atoms with van der Waals surface area (Å²) in [6.45, 7) is 0.676. The molecule has 1 aromatic heterocycles. The Bertz CT molecular complexity index is 1020. The van der Waals surface area contributed by atoms with Crippen LogP contribution in [0, 0.1) is 5.92 Å². The van der Waals surface area contributed by atoms with Gasteiger partial charge < -0.3 is 10.2 Å². The van der Waals surface area contributed by atoms with Crippen LogP contribution >= 0.6 is 11.6 Å². The molecule has 168 valence electrons. The summed E-state index contributed by atoms with van der Waals surface area (Å²) < 4.78 is 23.8. The van der Waals surface area contributed by atoms with Gasteiger partial charge in [0.25, 0.3) is 0 Å². The summed E-state index contributed by atoms with van der Waals surface area (Å²) in [7, 11) is 0.508. The molecule has 3 rings (SSSR count). The molecule has 0 radical (unpaired) electrons. The van der Waals surface area contributed by atoms with Gasteiger partial charge in [-0.05, 0) is 56.5 Å². The van der Waals surface area contributed by atoms with Gasteiger partial charge in [-0.3, -0.25) is 9.78 Å². The highest BCUT2D eigenvalue weighted by Crippen LogP contribution is 2.40. The number of carbonyl (C=O) groups is 1. The predicted molar refractivity (Wildman–Crippen MR) is 122 cm³/mol. The summed E-state index contributed by atoms with van der Waals surface area (Å²) in [6, 6.07) is 5.03. The zero-order valence-corrected chi connectivity index (χ0v) is 19.7. The standard InChI is InChI=1S/C22H29ClN4O3S/c1-27(2)14-17-12-25-21(13-24-17)26-22(28)11-18(15-6-4-5-7-15)16-8-9-20(19(23)10-16)31(3,29)30/h8-10,12-13,15,18H,4-7,11,14H2,1-3H3,(H,25,26,28). The Hall–Kier alpha value is -2.03. The van der Waals surface area contributed by atoms with Crippen molar-refractivity contribution in [3.63, 3.8) is 0 Å². The molecule has 7 nitrogen and oxygen atoms in total. The molecule has 1 aromatic carbocycles. The first-order chi connectivity index (χ1) is 14.6. The van der Waals surface area contributed by atoms with Crippen LogP contribution in [0.4, 0.5) is 5.82 Å². The molecule has 1 aliphatic rings. The van der Waals surface area contributed by atoms with Gasteiger partial charge in [-0.15, -0.1) is 0 Å². The van der Waals surface area contributed by atoms with Crippen molar-refractivity contribution < 1.29 is 13.2 Å². The molecular weight excluding hydrogens is 436 g/mol. The van der Waals surface area contributed by atoms with E-state index in [4.69, 9.17) is 11.6 Å². The van der Waals surface area contributed by atoms with E-state index in [1.54, 1.807) is 30.6 Å². The van der Waals surface area contributed by atoms with Crippen LogP contribution in [0.15, 0.2) is 35.5 Å². The third-order valence-electron chi connectivity index (χ3n) is 5.61. The van der Waals surface area contributed by atoms with Crippen LogP contribution in [-0.2, 0) is 21.2 Å². The van der Waals surface area contributed by atoms with Gasteiger partial charge in [0.2, 0.25) is 5.91 Å². The third kappa shape index (κ3) is 6.48. The van der Waals surface area contributed by atoms with Crippen molar-refractivity contribution in [3.8, 4) is 0 Å². The lowest BCUT2D eigenvalue weighted by Crippen LogP contribution is -2.21. The Kier molecular flexibility index (Phi) is 7.67. The molecule has 1 atom stereocenters. The normalized spacial score (nSPS) is 15.9. The second-order valence-corrected chi connectivity index (χ2v) is 10.9. The molecule has 31 heavy (non-hydrogen) atoms. The number of nitrogens with one attached hydrogen (secondary N) is 1. The smallest absolute Gasteiger partial charge is 0.226 e. The Morgan fingerprint density at radius 1 is 1.23 bits per heavy atom. The zero-order valence-electron chi connectivity index (χ0n) is 18.1. The van der Waals surface area contributed by atoms with Crippen molar-refractivity contribution in [1.29, 1.82) is 0 Å². The van der Waals surface area contributed by atoms with Crippen LogP contribution in [0.25, 0.3) is 0 Å². The minimum Gasteiger partial charge on any atom is -0.309 e. The molecule has 2 aromatic rings. The average Bonchev–Trinajstić information content (AvgIpc) is 3.20. The number of hydrogen-bond acceptors (Lipinski definition) is 6. The molecule has 1 unspecified atom stereocenters. The van der Waals surface area contributed by atoms with Crippen molar-refractivity contribution in [3.05, 3.63) is 46.9 Å². The largest absolute Gasteiger partial charge is 0.309 e. The summed E-state index contributed by atoms with van der Waals surface area (Å²) in [5, 5.41) is 3.04. The van der Waals surface area contributed by atoms with Crippen LogP contribution in [0.2, 0.25) is 5.02 Å². The van der Waals surface area contributed by atoms with Gasteiger partial charge in [0, 0.05) is 19.2 Å². The predicted octanol–water partition coefficient (Wildman–Crippen LogP) is 3.90. The maximum atomic E-state index is 12.8. The summed E-state index contributed by atoms with van der Waals surface area (Å²) in [5.74, 6) is 0.604. The number of nitrogens with zero attached hydrogens (tertiary/aromatic N) is 3. The lowest BCUT2D eigenvalue weighted by atomic mass is 9.82. The minimum atomic E-state index is -3.40. The number of anilines is 1. The average molecular weight is 465 g/mol. The van der Waals surface area contributed by atoms with Crippen LogP contribution in [0.1, 0.15) is 49.3 Å². The van der Waals surface area contributed by atoms with Gasteiger partial charge >= 0.3 is 0 Å². The van der Waals surface area contributed by atoms with E-state index in [9.17, 15) is 13.2 Å². The maximum absolute atomic E-state index is 12.8. The van der Waals surface area contributed by atoms with Gasteiger partial charge in [0.05, 0.1) is 28.0 Å². The van der Waals surface area contributed by atoms with Gasteiger partial charge in [-0.2, -0.15) is 0 Å². The fourth-order valence-electron chi connectivity index (χ4n) is 4.18. The third-order valence-corrected chi connectivity index (χ3v) is 7.19. The lowest BCUT2D eigenvalue weighted by Gasteiger charge is -2.24. The molecule has 1 N–H and O–H groups in total. The topological polar surface area (TPSA) is 92.3 Å². The highest BCUT2D eigenvalue weighted by atomic mass is 35.5. The fraction of sp³-hybridized carbons (Fsp3) is 0.500. The van der Waals surface area contributed by atoms with Crippen molar-refractivity contribution in [2.75, 3.05) is 25.7 Å². The van der Waals surface area contributed by atoms with Gasteiger partial charge in [-0.1, -0.05) is 30.5 Å². The number of amides is 1. The zero-order chi connectivity index (χ0) is 22.6. The summed E-state index contributed by atoms with van der Waals surface area (Å²) in [4.78, 5) is 23.5. The Balaban J connectivity index is 1.75. The molecule has 0 spiro atoms. The van der Waals surface area contributed by atoms with Crippen LogP contribution in [-0.4, -0.2) is 49.5 Å². The number of rotatable bonds is 8. The molecule has 1 fully saturated rings. The van der Waals surface area contributed by atoms with E-state index in [1.807, 2.05) is 19.0 Å². The molecule has 1 saturated carbocycles. The van der Waals surface area contributed by atoms with Crippen LogP contribution in [0.5, 0.6) is 0 Å². The quantitative estimate of drug-likeness (QED) is 0.637. The Labute approximate surface area is 189 Å². The number of hydrogen-bond donors (Lipinski definition) is 1. The van der Waals surface area contributed by atoms with Crippen LogP contribution in [0.3, 0.4) is 0 Å². The maximum Gasteiger partial charge on any atom is 0.226 e. The second kappa shape index (κ2) is 10.1. The fourth-order valence-corrected chi connectivity index (χ4v) is 5.52. The molecule has 1 aliphatic carbocycles. The Morgan fingerprint density at radius 2 is 1.94 bits per heavy atom. The molecule has 0 saturated heterocycles. The molecule has 9 heteroatoms. The van der Waals surface area contributed by atoms with E-state index in [0.29, 0.717) is 18.3 Å². The lowest BCUT2D eigenvalue weighted by molar-refractivity contribution is -0.116. The molecule has 0 aliphatic heterocycles. The van der Waals surface area contributed by atoms with E-state index in [-0.39, 0.29) is 28.2 Å². The number of halogens is 1. The first-order valence-electron chi connectivity index (χ1n) is 10.4. The molecule has 0 bridgehead atoms. The highest BCUT2D eigenvalue weighted by Gasteiger charge is 2.29. The van der Waals surface area contributed by atoms with Gasteiger partial charge in [-0.25, -0.2) is 13.4 Å². The van der Waals surface area contributed by atoms with E-state index in [1.165, 1.54) is 0 Å². The SMILES string of the molecule is CN(C)Cc1cnc(NC(=O)CC(c2ccc(S(C)(=O)=O)c(Cl)c2)C2CCCC2)cn1. The second-order valence-electron chi connectivity index (χ2n) is 8.50. The van der Waals surface area contributed by atoms with E-state index < -0.39 is 9.84 Å². The number of carbonyl (C=O) groups excluding carboxylic acids is 1. The first kappa shape index (κ1) is 23.6. The Morgan fingerprint density at radius 3 is 2.48 bits per heavy atom. The minimum absolute atomic E-state index is 0.0328. The monoisotopic (exact) mass is 464 g/mol. The van der Waals surface area contributed by atoms with Crippen molar-refractivity contribution in [2.24, 2.45) is 5.92 Å². The molecule has 1 amide bonds. The molecule has 1 heterocycles. The van der Waals surface area contributed by atoms with Crippen LogP contribution < -0.4 is 5.32 Å². The van der Waals surface area contributed by atoms with E-state index in [2.05, 4.69) is 15.3 Å².